The lowest BCUT2D eigenvalue weighted by molar-refractivity contribution is 1.07. The molecule has 56 heavy (non-hydrogen) atoms. The Labute approximate surface area is 323 Å². The summed E-state index contributed by atoms with van der Waals surface area (Å²) in [5, 5.41) is 6.28. The van der Waals surface area contributed by atoms with Gasteiger partial charge in [-0.3, -0.25) is 0 Å². The summed E-state index contributed by atoms with van der Waals surface area (Å²) in [7, 11) is 0. The second-order valence-corrected chi connectivity index (χ2v) is 14.1. The smallest absolute Gasteiger partial charge is 0.164 e. The molecule has 0 fully saturated rings. The quantitative estimate of drug-likeness (QED) is 0.172. The highest BCUT2D eigenvalue weighted by Gasteiger charge is 2.17. The zero-order valence-corrected chi connectivity index (χ0v) is 30.3. The number of hydrogen-bond acceptors (Lipinski definition) is 3. The van der Waals surface area contributed by atoms with E-state index in [2.05, 4.69) is 149 Å². The molecule has 0 aliphatic carbocycles. The monoisotopic (exact) mass is 715 g/mol. The zero-order chi connectivity index (χ0) is 37.0. The molecule has 0 aliphatic heterocycles. The van der Waals surface area contributed by atoms with Crippen LogP contribution in [0, 0.1) is 0 Å². The summed E-state index contributed by atoms with van der Waals surface area (Å²) in [6.45, 7) is 0. The Bertz CT molecular complexity index is 3160. The van der Waals surface area contributed by atoms with Gasteiger partial charge in [-0.2, -0.15) is 0 Å². The first-order chi connectivity index (χ1) is 27.8. The third-order valence-corrected chi connectivity index (χ3v) is 10.8. The Morgan fingerprint density at radius 1 is 0.304 bits per heavy atom. The highest BCUT2D eigenvalue weighted by atomic mass is 15.0. The van der Waals surface area contributed by atoms with Crippen molar-refractivity contribution in [1.82, 2.24) is 24.1 Å². The molecule has 3 heterocycles. The lowest BCUT2D eigenvalue weighted by Gasteiger charge is -2.11. The Kier molecular flexibility index (Phi) is 7.42. The molecule has 0 radical (unpaired) electrons. The fourth-order valence-corrected chi connectivity index (χ4v) is 8.17. The molecule has 0 aliphatic rings. The summed E-state index contributed by atoms with van der Waals surface area (Å²) in [6.07, 6.45) is 2.18. The largest absolute Gasteiger partial charge is 0.317 e. The topological polar surface area (TPSA) is 48.5 Å². The van der Waals surface area contributed by atoms with Crippen LogP contribution >= 0.6 is 0 Å². The molecule has 0 amide bonds. The fourth-order valence-electron chi connectivity index (χ4n) is 8.17. The summed E-state index contributed by atoms with van der Waals surface area (Å²) in [5.41, 5.74) is 10.9. The normalized spacial score (nSPS) is 11.6. The van der Waals surface area contributed by atoms with E-state index >= 15 is 0 Å². The van der Waals surface area contributed by atoms with Crippen molar-refractivity contribution in [2.75, 3.05) is 0 Å². The van der Waals surface area contributed by atoms with Gasteiger partial charge >= 0.3 is 0 Å². The fraction of sp³-hybridized carbons (Fsp3) is 0. The van der Waals surface area contributed by atoms with E-state index in [0.717, 1.165) is 39.2 Å². The van der Waals surface area contributed by atoms with Crippen LogP contribution in [0.1, 0.15) is 0 Å². The van der Waals surface area contributed by atoms with Crippen LogP contribution in [0.25, 0.3) is 100 Å². The molecule has 0 saturated carbocycles. The maximum absolute atomic E-state index is 4.97. The van der Waals surface area contributed by atoms with E-state index in [0.29, 0.717) is 17.5 Å². The molecule has 0 unspecified atom stereocenters. The van der Waals surface area contributed by atoms with E-state index in [4.69, 9.17) is 15.0 Å². The van der Waals surface area contributed by atoms with E-state index in [1.54, 1.807) is 0 Å². The SMILES string of the molecule is c1ccc(-c2nc(-c3ccccc3)nc(-c3cccc(-c4ccc(-n5c6ccccc6c6c7ccc8c(ccn8-c8ccccc8)c7ccc65)cc4)c3)n2)cc1. The van der Waals surface area contributed by atoms with Crippen molar-refractivity contribution in [3.8, 4) is 56.7 Å². The maximum Gasteiger partial charge on any atom is 0.164 e. The average molecular weight is 716 g/mol. The number of nitrogens with zero attached hydrogens (tertiary/aromatic N) is 5. The first-order valence-corrected chi connectivity index (χ1v) is 18.9. The molecule has 0 atom stereocenters. The average Bonchev–Trinajstić information content (AvgIpc) is 3.87. The Morgan fingerprint density at radius 3 is 1.59 bits per heavy atom. The van der Waals surface area contributed by atoms with Gasteiger partial charge in [0.15, 0.2) is 17.5 Å². The van der Waals surface area contributed by atoms with Crippen LogP contribution in [0.4, 0.5) is 0 Å². The van der Waals surface area contributed by atoms with Crippen LogP contribution in [0.15, 0.2) is 200 Å². The van der Waals surface area contributed by atoms with Gasteiger partial charge in [0.2, 0.25) is 0 Å². The zero-order valence-electron chi connectivity index (χ0n) is 30.3. The molecule has 3 aromatic heterocycles. The minimum absolute atomic E-state index is 0.641. The van der Waals surface area contributed by atoms with Gasteiger partial charge in [0.1, 0.15) is 0 Å². The Hall–Kier alpha value is -7.63. The summed E-state index contributed by atoms with van der Waals surface area (Å²) < 4.78 is 4.66. The first kappa shape index (κ1) is 31.9. The molecule has 262 valence electrons. The number of benzene rings is 8. The van der Waals surface area contributed by atoms with Crippen molar-refractivity contribution in [3.63, 3.8) is 0 Å². The van der Waals surface area contributed by atoms with Crippen LogP contribution in [0.5, 0.6) is 0 Å². The van der Waals surface area contributed by atoms with Gasteiger partial charge in [0.05, 0.1) is 16.6 Å². The number of aromatic nitrogens is 5. The number of rotatable bonds is 6. The van der Waals surface area contributed by atoms with Gasteiger partial charge in [-0.15, -0.1) is 0 Å². The molecule has 5 nitrogen and oxygen atoms in total. The van der Waals surface area contributed by atoms with Crippen LogP contribution < -0.4 is 0 Å². The second kappa shape index (κ2) is 13.0. The first-order valence-electron chi connectivity index (χ1n) is 18.9. The van der Waals surface area contributed by atoms with Crippen LogP contribution in [-0.2, 0) is 0 Å². The summed E-state index contributed by atoms with van der Waals surface area (Å²) >= 11 is 0. The molecule has 5 heteroatoms. The summed E-state index contributed by atoms with van der Waals surface area (Å²) in [6, 6.07) is 68.2. The third kappa shape index (κ3) is 5.29. The Balaban J connectivity index is 0.993. The van der Waals surface area contributed by atoms with E-state index in [9.17, 15) is 0 Å². The molecule has 11 rings (SSSR count). The predicted molar refractivity (Wildman–Crippen MR) is 230 cm³/mol. The van der Waals surface area contributed by atoms with Crippen molar-refractivity contribution in [2.24, 2.45) is 0 Å². The number of hydrogen-bond donors (Lipinski definition) is 0. The molecule has 8 aromatic carbocycles. The van der Waals surface area contributed by atoms with Gasteiger partial charge in [-0.1, -0.05) is 140 Å². The summed E-state index contributed by atoms with van der Waals surface area (Å²) in [5.74, 6) is 1.94. The van der Waals surface area contributed by atoms with Gasteiger partial charge in [0, 0.05) is 50.4 Å². The van der Waals surface area contributed by atoms with Gasteiger partial charge in [-0.25, -0.2) is 15.0 Å². The van der Waals surface area contributed by atoms with Crippen molar-refractivity contribution in [3.05, 3.63) is 200 Å². The molecule has 11 aromatic rings. The Morgan fingerprint density at radius 2 is 0.875 bits per heavy atom. The molecule has 0 saturated heterocycles. The molecule has 0 bridgehead atoms. The summed E-state index contributed by atoms with van der Waals surface area (Å²) in [4.78, 5) is 14.8. The number of fused-ring (bicyclic) bond motifs is 7. The van der Waals surface area contributed by atoms with E-state index in [-0.39, 0.29) is 0 Å². The maximum atomic E-state index is 4.97. The van der Waals surface area contributed by atoms with Crippen LogP contribution in [-0.4, -0.2) is 24.1 Å². The van der Waals surface area contributed by atoms with Crippen LogP contribution in [0.3, 0.4) is 0 Å². The highest BCUT2D eigenvalue weighted by molar-refractivity contribution is 6.25. The molecule has 0 N–H and O–H groups in total. The van der Waals surface area contributed by atoms with Crippen molar-refractivity contribution in [2.45, 2.75) is 0 Å². The van der Waals surface area contributed by atoms with Gasteiger partial charge in [0.25, 0.3) is 0 Å². The molecular formula is C51H33N5. The highest BCUT2D eigenvalue weighted by Crippen LogP contribution is 2.40. The minimum atomic E-state index is 0.641. The molecule has 0 spiro atoms. The van der Waals surface area contributed by atoms with Crippen molar-refractivity contribution < 1.29 is 0 Å². The van der Waals surface area contributed by atoms with Gasteiger partial charge < -0.3 is 9.13 Å². The van der Waals surface area contributed by atoms with Crippen molar-refractivity contribution >= 4 is 43.5 Å². The van der Waals surface area contributed by atoms with E-state index in [1.807, 2.05) is 60.7 Å². The lowest BCUT2D eigenvalue weighted by Crippen LogP contribution is -2.00. The van der Waals surface area contributed by atoms with Gasteiger partial charge in [-0.05, 0) is 76.5 Å². The van der Waals surface area contributed by atoms with E-state index < -0.39 is 0 Å². The van der Waals surface area contributed by atoms with E-state index in [1.165, 1.54) is 43.5 Å². The number of para-hydroxylation sites is 2. The van der Waals surface area contributed by atoms with Crippen LogP contribution in [0.2, 0.25) is 0 Å². The second-order valence-electron chi connectivity index (χ2n) is 14.1. The lowest BCUT2D eigenvalue weighted by atomic mass is 10.0. The third-order valence-electron chi connectivity index (χ3n) is 10.8. The predicted octanol–water partition coefficient (Wildman–Crippen LogP) is 12.7. The minimum Gasteiger partial charge on any atom is -0.317 e. The van der Waals surface area contributed by atoms with Crippen molar-refractivity contribution in [1.29, 1.82) is 0 Å². The standard InChI is InChI=1S/C51H33N5/c1-4-13-35(14-5-1)49-52-50(36-15-6-2-7-16-36)54-51(53-49)38-18-12-17-37(33-38)34-23-25-40(26-24-34)56-46-22-11-10-21-44(46)48-43-28-29-45-42(41(43)27-30-47(48)56)31-32-55(45)39-19-8-3-9-20-39/h1-33H. The molecular weight excluding hydrogens is 683 g/mol.